The summed E-state index contributed by atoms with van der Waals surface area (Å²) in [7, 11) is 0. The highest BCUT2D eigenvalue weighted by molar-refractivity contribution is 14.1. The first-order valence-electron chi connectivity index (χ1n) is 5.37. The Bertz CT molecular complexity index is 342. The Kier molecular flexibility index (Phi) is 6.22. The SMILES string of the molecule is CCCCOC(=O)NCc1cccc(I)c1. The summed E-state index contributed by atoms with van der Waals surface area (Å²) in [6.07, 6.45) is 1.60. The van der Waals surface area contributed by atoms with E-state index < -0.39 is 0 Å². The molecule has 0 bridgehead atoms. The van der Waals surface area contributed by atoms with Gasteiger partial charge in [0, 0.05) is 10.1 Å². The molecule has 0 fully saturated rings. The molecule has 0 aliphatic rings. The minimum atomic E-state index is -0.340. The van der Waals surface area contributed by atoms with Crippen LogP contribution in [0, 0.1) is 3.57 Å². The van der Waals surface area contributed by atoms with Gasteiger partial charge < -0.3 is 10.1 Å². The summed E-state index contributed by atoms with van der Waals surface area (Å²) >= 11 is 2.25. The van der Waals surface area contributed by atoms with Crippen LogP contribution in [0.15, 0.2) is 24.3 Å². The number of alkyl carbamates (subject to hydrolysis) is 1. The van der Waals surface area contributed by atoms with E-state index in [0.29, 0.717) is 13.2 Å². The summed E-state index contributed by atoms with van der Waals surface area (Å²) < 4.78 is 6.15. The molecule has 1 aromatic carbocycles. The molecule has 0 unspecified atom stereocenters. The fourth-order valence-electron chi connectivity index (χ4n) is 1.18. The van der Waals surface area contributed by atoms with Gasteiger partial charge >= 0.3 is 6.09 Å². The first-order chi connectivity index (χ1) is 7.72. The summed E-state index contributed by atoms with van der Waals surface area (Å²) in [4.78, 5) is 11.2. The maximum Gasteiger partial charge on any atom is 0.407 e. The molecule has 1 amide bonds. The maximum absolute atomic E-state index is 11.2. The third-order valence-electron chi connectivity index (χ3n) is 2.06. The molecule has 3 nitrogen and oxygen atoms in total. The predicted octanol–water partition coefficient (Wildman–Crippen LogP) is 3.32. The lowest BCUT2D eigenvalue weighted by Gasteiger charge is -2.06. The Morgan fingerprint density at radius 2 is 2.31 bits per heavy atom. The van der Waals surface area contributed by atoms with E-state index in [9.17, 15) is 4.79 Å². The minimum Gasteiger partial charge on any atom is -0.450 e. The fourth-order valence-corrected chi connectivity index (χ4v) is 1.79. The van der Waals surface area contributed by atoms with Gasteiger partial charge in [-0.3, -0.25) is 0 Å². The Morgan fingerprint density at radius 3 is 3.00 bits per heavy atom. The van der Waals surface area contributed by atoms with Crippen LogP contribution in [0.4, 0.5) is 4.79 Å². The Morgan fingerprint density at radius 1 is 1.50 bits per heavy atom. The normalized spacial score (nSPS) is 9.88. The zero-order valence-electron chi connectivity index (χ0n) is 9.33. The van der Waals surface area contributed by atoms with Crippen molar-refractivity contribution >= 4 is 28.7 Å². The van der Waals surface area contributed by atoms with Crippen molar-refractivity contribution in [3.8, 4) is 0 Å². The molecule has 0 heterocycles. The Hall–Kier alpha value is -0.780. The lowest BCUT2D eigenvalue weighted by molar-refractivity contribution is 0.144. The number of nitrogens with one attached hydrogen (secondary N) is 1. The van der Waals surface area contributed by atoms with E-state index in [1.165, 1.54) is 0 Å². The average molecular weight is 333 g/mol. The van der Waals surface area contributed by atoms with Crippen LogP contribution < -0.4 is 5.32 Å². The molecule has 0 aliphatic carbocycles. The van der Waals surface area contributed by atoms with Gasteiger partial charge in [0.1, 0.15) is 0 Å². The topological polar surface area (TPSA) is 38.3 Å². The molecule has 4 heteroatoms. The molecule has 0 saturated carbocycles. The van der Waals surface area contributed by atoms with Crippen molar-refractivity contribution in [3.63, 3.8) is 0 Å². The third-order valence-corrected chi connectivity index (χ3v) is 2.73. The van der Waals surface area contributed by atoms with Crippen molar-refractivity contribution in [3.05, 3.63) is 33.4 Å². The van der Waals surface area contributed by atoms with Crippen LogP contribution >= 0.6 is 22.6 Å². The van der Waals surface area contributed by atoms with E-state index in [0.717, 1.165) is 22.0 Å². The lowest BCUT2D eigenvalue weighted by atomic mass is 10.2. The van der Waals surface area contributed by atoms with Gasteiger partial charge in [0.05, 0.1) is 6.61 Å². The zero-order chi connectivity index (χ0) is 11.8. The van der Waals surface area contributed by atoms with Crippen LogP contribution in [0.5, 0.6) is 0 Å². The van der Waals surface area contributed by atoms with Gasteiger partial charge in [0.2, 0.25) is 0 Å². The van der Waals surface area contributed by atoms with E-state index in [-0.39, 0.29) is 6.09 Å². The van der Waals surface area contributed by atoms with E-state index >= 15 is 0 Å². The van der Waals surface area contributed by atoms with Crippen molar-refractivity contribution in [1.29, 1.82) is 0 Å². The first-order valence-corrected chi connectivity index (χ1v) is 6.45. The number of unbranched alkanes of at least 4 members (excludes halogenated alkanes) is 1. The number of halogens is 1. The van der Waals surface area contributed by atoms with Gasteiger partial charge in [-0.15, -0.1) is 0 Å². The van der Waals surface area contributed by atoms with Crippen LogP contribution in [-0.2, 0) is 11.3 Å². The first kappa shape index (κ1) is 13.3. The molecule has 0 atom stereocenters. The van der Waals surface area contributed by atoms with Crippen LogP contribution in [0.3, 0.4) is 0 Å². The Labute approximate surface area is 110 Å². The number of carbonyl (C=O) groups excluding carboxylic acids is 1. The van der Waals surface area contributed by atoms with Crippen LogP contribution in [0.25, 0.3) is 0 Å². The van der Waals surface area contributed by atoms with Crippen molar-refractivity contribution < 1.29 is 9.53 Å². The van der Waals surface area contributed by atoms with Gasteiger partial charge in [0.15, 0.2) is 0 Å². The monoisotopic (exact) mass is 333 g/mol. The van der Waals surface area contributed by atoms with Gasteiger partial charge in [-0.2, -0.15) is 0 Å². The molecule has 88 valence electrons. The average Bonchev–Trinajstić information content (AvgIpc) is 2.27. The van der Waals surface area contributed by atoms with Crippen LogP contribution in [0.2, 0.25) is 0 Å². The molecule has 1 aromatic rings. The van der Waals surface area contributed by atoms with E-state index in [1.54, 1.807) is 0 Å². The molecular formula is C12H16INO2. The standard InChI is InChI=1S/C12H16INO2/c1-2-3-7-16-12(15)14-9-10-5-4-6-11(13)8-10/h4-6,8H,2-3,7,9H2,1H3,(H,14,15). The van der Waals surface area contributed by atoms with Crippen LogP contribution in [0.1, 0.15) is 25.3 Å². The molecular weight excluding hydrogens is 317 g/mol. The van der Waals surface area contributed by atoms with Gasteiger partial charge in [-0.1, -0.05) is 25.5 Å². The fraction of sp³-hybridized carbons (Fsp3) is 0.417. The van der Waals surface area contributed by atoms with Crippen molar-refractivity contribution in [2.75, 3.05) is 6.61 Å². The Balaban J connectivity index is 2.26. The summed E-state index contributed by atoms with van der Waals surface area (Å²) in [6, 6.07) is 8.01. The molecule has 0 saturated heterocycles. The maximum atomic E-state index is 11.2. The van der Waals surface area contributed by atoms with Gasteiger partial charge in [-0.05, 0) is 46.7 Å². The largest absolute Gasteiger partial charge is 0.450 e. The lowest BCUT2D eigenvalue weighted by Crippen LogP contribution is -2.24. The summed E-state index contributed by atoms with van der Waals surface area (Å²) in [5.74, 6) is 0. The van der Waals surface area contributed by atoms with Crippen LogP contribution in [-0.4, -0.2) is 12.7 Å². The summed E-state index contributed by atoms with van der Waals surface area (Å²) in [5, 5.41) is 2.72. The van der Waals surface area contributed by atoms with Crippen molar-refractivity contribution in [1.82, 2.24) is 5.32 Å². The smallest absolute Gasteiger partial charge is 0.407 e. The highest BCUT2D eigenvalue weighted by Gasteiger charge is 2.01. The van der Waals surface area contributed by atoms with E-state index in [2.05, 4.69) is 34.8 Å². The number of carbonyl (C=O) groups is 1. The number of rotatable bonds is 5. The molecule has 0 aliphatic heterocycles. The second kappa shape index (κ2) is 7.49. The molecule has 1 N–H and O–H groups in total. The molecule has 0 radical (unpaired) electrons. The quantitative estimate of drug-likeness (QED) is 0.663. The van der Waals surface area contributed by atoms with Gasteiger partial charge in [-0.25, -0.2) is 4.79 Å². The number of hydrogen-bond acceptors (Lipinski definition) is 2. The zero-order valence-corrected chi connectivity index (χ0v) is 11.5. The second-order valence-electron chi connectivity index (χ2n) is 3.47. The highest BCUT2D eigenvalue weighted by atomic mass is 127. The highest BCUT2D eigenvalue weighted by Crippen LogP contribution is 2.07. The molecule has 0 aromatic heterocycles. The number of benzene rings is 1. The molecule has 16 heavy (non-hydrogen) atoms. The van der Waals surface area contributed by atoms with E-state index in [4.69, 9.17) is 4.74 Å². The number of hydrogen-bond donors (Lipinski definition) is 1. The summed E-state index contributed by atoms with van der Waals surface area (Å²) in [6.45, 7) is 3.07. The number of amides is 1. The summed E-state index contributed by atoms with van der Waals surface area (Å²) in [5.41, 5.74) is 1.08. The van der Waals surface area contributed by atoms with Crippen molar-refractivity contribution in [2.24, 2.45) is 0 Å². The predicted molar refractivity (Wildman–Crippen MR) is 72.3 cm³/mol. The second-order valence-corrected chi connectivity index (χ2v) is 4.72. The van der Waals surface area contributed by atoms with E-state index in [1.807, 2.05) is 24.3 Å². The number of ether oxygens (including phenoxy) is 1. The molecule has 1 rings (SSSR count). The minimum absolute atomic E-state index is 0.340. The third kappa shape index (κ3) is 5.34. The van der Waals surface area contributed by atoms with Crippen molar-refractivity contribution in [2.45, 2.75) is 26.3 Å². The molecule has 0 spiro atoms. The van der Waals surface area contributed by atoms with Gasteiger partial charge in [0.25, 0.3) is 0 Å².